The second kappa shape index (κ2) is 12.2. The maximum absolute atomic E-state index is 11.2. The van der Waals surface area contributed by atoms with Crippen molar-refractivity contribution in [3.8, 4) is 5.75 Å². The van der Waals surface area contributed by atoms with E-state index in [-0.39, 0.29) is 6.04 Å². The highest BCUT2D eigenvalue weighted by atomic mass is 35.5. The van der Waals surface area contributed by atoms with Crippen molar-refractivity contribution in [3.63, 3.8) is 0 Å². The molecule has 5 heteroatoms. The first-order chi connectivity index (χ1) is 13.4. The molecule has 0 bridgehead atoms. The number of nitrogens with zero attached hydrogens (tertiary/aromatic N) is 2. The van der Waals surface area contributed by atoms with E-state index >= 15 is 0 Å². The Morgan fingerprint density at radius 3 is 2.64 bits per heavy atom. The first-order valence-electron chi connectivity index (χ1n) is 9.34. The Labute approximate surface area is 174 Å². The fourth-order valence-corrected chi connectivity index (χ4v) is 2.93. The molecular weight excluding hydrogens is 372 g/mol. The van der Waals surface area contributed by atoms with E-state index in [0.717, 1.165) is 30.4 Å². The van der Waals surface area contributed by atoms with Gasteiger partial charge in [-0.2, -0.15) is 0 Å². The van der Waals surface area contributed by atoms with E-state index in [9.17, 15) is 4.79 Å². The van der Waals surface area contributed by atoms with Gasteiger partial charge in [-0.25, -0.2) is 5.01 Å². The van der Waals surface area contributed by atoms with E-state index < -0.39 is 0 Å². The lowest BCUT2D eigenvalue weighted by Crippen LogP contribution is -2.43. The third kappa shape index (κ3) is 6.70. The van der Waals surface area contributed by atoms with Crippen LogP contribution < -0.4 is 4.74 Å². The molecule has 0 saturated heterocycles. The Kier molecular flexibility index (Phi) is 10.4. The lowest BCUT2D eigenvalue weighted by molar-refractivity contribution is -0.00176. The highest BCUT2D eigenvalue weighted by Gasteiger charge is 2.20. The number of carbonyl (C=O) groups is 1. The molecule has 0 heterocycles. The van der Waals surface area contributed by atoms with E-state index in [1.165, 1.54) is 7.11 Å². The summed E-state index contributed by atoms with van der Waals surface area (Å²) < 4.78 is 5.33. The predicted octanol–water partition coefficient (Wildman–Crippen LogP) is 5.81. The molecule has 0 saturated carbocycles. The summed E-state index contributed by atoms with van der Waals surface area (Å²) in [4.78, 5) is 11.2. The van der Waals surface area contributed by atoms with E-state index in [1.54, 1.807) is 18.2 Å². The topological polar surface area (TPSA) is 32.8 Å². The van der Waals surface area contributed by atoms with Crippen LogP contribution in [0.5, 0.6) is 5.75 Å². The zero-order valence-electron chi connectivity index (χ0n) is 17.3. The van der Waals surface area contributed by atoms with Gasteiger partial charge < -0.3 is 9.75 Å². The van der Waals surface area contributed by atoms with Gasteiger partial charge in [0.1, 0.15) is 5.75 Å². The Morgan fingerprint density at radius 2 is 2.07 bits per heavy atom. The van der Waals surface area contributed by atoms with Crippen molar-refractivity contribution in [2.45, 2.75) is 39.3 Å². The molecular formula is C23H31ClN2O2. The maximum atomic E-state index is 11.2. The number of hydrogen-bond donors (Lipinski definition) is 0. The van der Waals surface area contributed by atoms with Gasteiger partial charge in [-0.1, -0.05) is 56.0 Å². The number of halogens is 1. The van der Waals surface area contributed by atoms with Gasteiger partial charge in [0, 0.05) is 23.8 Å². The number of hydrogen-bond acceptors (Lipinski definition) is 4. The first kappa shape index (κ1) is 23.7. The van der Waals surface area contributed by atoms with Crippen LogP contribution in [0.1, 0.15) is 42.6 Å². The first-order valence-corrected chi connectivity index (χ1v) is 9.72. The summed E-state index contributed by atoms with van der Waals surface area (Å²) in [5, 5.41) is 4.72. The summed E-state index contributed by atoms with van der Waals surface area (Å²) in [6, 6.07) is 3.70. The van der Waals surface area contributed by atoms with Gasteiger partial charge in [0.25, 0.3) is 0 Å². The Morgan fingerprint density at radius 1 is 1.36 bits per heavy atom. The SMILES string of the molecule is C=C/C=C\C(=C)N(Cc1cc(OC)c(C=O)cc1Cl)N(C)C(C)C/C=C\CC. The van der Waals surface area contributed by atoms with Crippen LogP contribution in [-0.4, -0.2) is 36.5 Å². The molecule has 0 fully saturated rings. The highest BCUT2D eigenvalue weighted by molar-refractivity contribution is 6.31. The van der Waals surface area contributed by atoms with Gasteiger partial charge >= 0.3 is 0 Å². The fraction of sp³-hybridized carbons (Fsp3) is 0.348. The zero-order valence-corrected chi connectivity index (χ0v) is 18.1. The molecule has 0 spiro atoms. The lowest BCUT2D eigenvalue weighted by Gasteiger charge is -2.38. The minimum Gasteiger partial charge on any atom is -0.496 e. The molecule has 0 radical (unpaired) electrons. The molecule has 1 aromatic carbocycles. The van der Waals surface area contributed by atoms with E-state index in [0.29, 0.717) is 22.9 Å². The fourth-order valence-electron chi connectivity index (χ4n) is 2.69. The predicted molar refractivity (Wildman–Crippen MR) is 119 cm³/mol. The lowest BCUT2D eigenvalue weighted by atomic mass is 10.1. The summed E-state index contributed by atoms with van der Waals surface area (Å²) in [5.41, 5.74) is 2.09. The van der Waals surface area contributed by atoms with E-state index in [4.69, 9.17) is 16.3 Å². The quantitative estimate of drug-likeness (QED) is 0.191. The van der Waals surface area contributed by atoms with Crippen molar-refractivity contribution in [1.29, 1.82) is 0 Å². The van der Waals surface area contributed by atoms with Crippen molar-refractivity contribution >= 4 is 17.9 Å². The van der Waals surface area contributed by atoms with Crippen molar-refractivity contribution in [1.82, 2.24) is 10.0 Å². The minimum absolute atomic E-state index is 0.256. The maximum Gasteiger partial charge on any atom is 0.153 e. The number of aldehydes is 1. The number of carbonyl (C=O) groups excluding carboxylic acids is 1. The summed E-state index contributed by atoms with van der Waals surface area (Å²) in [7, 11) is 3.57. The minimum atomic E-state index is 0.256. The molecule has 0 amide bonds. The molecule has 1 aromatic rings. The van der Waals surface area contributed by atoms with Crippen molar-refractivity contribution in [3.05, 3.63) is 77.5 Å². The Hall–Kier alpha value is -2.30. The Bertz CT molecular complexity index is 740. The van der Waals surface area contributed by atoms with Gasteiger partial charge in [0.2, 0.25) is 0 Å². The normalized spacial score (nSPS) is 12.5. The number of ether oxygens (including phenoxy) is 1. The molecule has 152 valence electrons. The van der Waals surface area contributed by atoms with Gasteiger partial charge in [-0.15, -0.1) is 0 Å². The van der Waals surface area contributed by atoms with Crippen LogP contribution in [0.3, 0.4) is 0 Å². The van der Waals surface area contributed by atoms with Crippen LogP contribution >= 0.6 is 11.6 Å². The second-order valence-corrected chi connectivity index (χ2v) is 6.89. The average molecular weight is 403 g/mol. The zero-order chi connectivity index (χ0) is 21.1. The molecule has 4 nitrogen and oxygen atoms in total. The molecule has 0 aromatic heterocycles. The number of hydrazine groups is 1. The molecule has 0 N–H and O–H groups in total. The number of benzene rings is 1. The van der Waals surface area contributed by atoms with Crippen LogP contribution in [0, 0.1) is 0 Å². The average Bonchev–Trinajstić information content (AvgIpc) is 2.70. The number of methoxy groups -OCH3 is 1. The standard InChI is InChI=1S/C23H31ClN2O2/c1-7-9-11-13-18(3)25(5)26(19(4)12-10-8-2)16-20-15-23(28-6)21(17-27)14-22(20)24/h8-12,14-15,17-18H,2,4,7,13,16H2,1,3,5-6H3/b11-9-,12-10-. The third-order valence-corrected chi connectivity index (χ3v) is 4.85. The van der Waals surface area contributed by atoms with Crippen LogP contribution in [0.2, 0.25) is 5.02 Å². The van der Waals surface area contributed by atoms with Gasteiger partial charge in [-0.05, 0) is 43.5 Å². The molecule has 1 rings (SSSR count). The Balaban J connectivity index is 3.20. The van der Waals surface area contributed by atoms with E-state index in [2.05, 4.69) is 49.2 Å². The largest absolute Gasteiger partial charge is 0.496 e. The van der Waals surface area contributed by atoms with Gasteiger partial charge in [-0.3, -0.25) is 4.79 Å². The summed E-state index contributed by atoms with van der Waals surface area (Å²) in [5.74, 6) is 0.503. The van der Waals surface area contributed by atoms with Crippen LogP contribution in [0.15, 0.2) is 61.4 Å². The molecule has 0 aliphatic carbocycles. The highest BCUT2D eigenvalue weighted by Crippen LogP contribution is 2.29. The smallest absolute Gasteiger partial charge is 0.153 e. The van der Waals surface area contributed by atoms with E-state index in [1.807, 2.05) is 19.2 Å². The van der Waals surface area contributed by atoms with Crippen LogP contribution in [-0.2, 0) is 6.54 Å². The van der Waals surface area contributed by atoms with Gasteiger partial charge in [0.15, 0.2) is 6.29 Å². The van der Waals surface area contributed by atoms with Crippen molar-refractivity contribution < 1.29 is 9.53 Å². The summed E-state index contributed by atoms with van der Waals surface area (Å²) in [6.07, 6.45) is 12.5. The molecule has 28 heavy (non-hydrogen) atoms. The molecule has 1 atom stereocenters. The van der Waals surface area contributed by atoms with Crippen molar-refractivity contribution in [2.75, 3.05) is 14.2 Å². The van der Waals surface area contributed by atoms with Gasteiger partial charge in [0.05, 0.1) is 19.2 Å². The van der Waals surface area contributed by atoms with Crippen LogP contribution in [0.25, 0.3) is 0 Å². The second-order valence-electron chi connectivity index (χ2n) is 6.49. The molecule has 0 aliphatic rings. The third-order valence-electron chi connectivity index (χ3n) is 4.50. The number of allylic oxidation sites excluding steroid dienone is 4. The molecule has 1 unspecified atom stereocenters. The summed E-state index contributed by atoms with van der Waals surface area (Å²) >= 11 is 6.44. The summed E-state index contributed by atoms with van der Waals surface area (Å²) in [6.45, 7) is 12.7. The van der Waals surface area contributed by atoms with Crippen molar-refractivity contribution in [2.24, 2.45) is 0 Å². The monoisotopic (exact) mass is 402 g/mol. The molecule has 0 aliphatic heterocycles. The number of rotatable bonds is 12. The van der Waals surface area contributed by atoms with Crippen LogP contribution in [0.4, 0.5) is 0 Å².